The number of thioether (sulfide) groups is 1. The number of piperidine rings is 1. The largest absolute Gasteiger partial charge is 0.493 e. The summed E-state index contributed by atoms with van der Waals surface area (Å²) in [5.74, 6) is 1.28. The van der Waals surface area contributed by atoms with E-state index in [-0.39, 0.29) is 11.5 Å². The molecule has 0 saturated carbocycles. The number of halogens is 1. The highest BCUT2D eigenvalue weighted by Gasteiger charge is 2.38. The average Bonchev–Trinajstić information content (AvgIpc) is 2.85. The van der Waals surface area contributed by atoms with Gasteiger partial charge in [0.2, 0.25) is 0 Å². The first kappa shape index (κ1) is 28.2. The summed E-state index contributed by atoms with van der Waals surface area (Å²) in [5, 5.41) is 0.423. The molecule has 11 heteroatoms. The molecule has 1 aromatic heterocycles. The number of carbonyl (C=O) groups is 1. The number of benzene rings is 1. The van der Waals surface area contributed by atoms with Crippen LogP contribution in [0.25, 0.3) is 10.9 Å². The Morgan fingerprint density at radius 1 is 1.18 bits per heavy atom. The molecule has 214 valence electrons. The predicted molar refractivity (Wildman–Crippen MR) is 149 cm³/mol. The molecule has 9 nitrogen and oxygen atoms in total. The maximum Gasteiger partial charge on any atom is 0.410 e. The Balaban J connectivity index is 1.11. The van der Waals surface area contributed by atoms with Gasteiger partial charge in [-0.1, -0.05) is 0 Å². The molecular formula is C28H39FN4O5S. The summed E-state index contributed by atoms with van der Waals surface area (Å²) in [6.07, 6.45) is 3.69. The number of amides is 1. The molecule has 4 heterocycles. The molecule has 0 spiro atoms. The Bertz CT molecular complexity index is 1210. The highest BCUT2D eigenvalue weighted by atomic mass is 32.2. The standard InChI is InChI=1S/C28H39FN4O5S/c1-28(2,3)38-27(35)33-14-19(15-33)32-8-4-21(5-9-32)39-17-24-30-23-13-20(12-22(29)25(23)26(34)31-24)37-16-18-6-10-36-11-7-18/h12-13,18-19,21H,4-11,14-17H2,1-3H3,(H,30,31,34). The lowest BCUT2D eigenvalue weighted by Crippen LogP contribution is -2.62. The Hall–Kier alpha value is -2.37. The van der Waals surface area contributed by atoms with Crippen molar-refractivity contribution in [3.05, 3.63) is 34.1 Å². The smallest absolute Gasteiger partial charge is 0.410 e. The minimum absolute atomic E-state index is 0.0311. The van der Waals surface area contributed by atoms with Crippen LogP contribution < -0.4 is 10.3 Å². The summed E-state index contributed by atoms with van der Waals surface area (Å²) in [7, 11) is 0. The monoisotopic (exact) mass is 562 g/mol. The van der Waals surface area contributed by atoms with E-state index in [1.54, 1.807) is 22.7 Å². The minimum atomic E-state index is -0.615. The van der Waals surface area contributed by atoms with E-state index < -0.39 is 17.0 Å². The number of nitrogens with one attached hydrogen (secondary N) is 1. The number of rotatable bonds is 7. The number of nitrogens with zero attached hydrogens (tertiary/aromatic N) is 3. The van der Waals surface area contributed by atoms with E-state index in [2.05, 4.69) is 14.9 Å². The zero-order valence-electron chi connectivity index (χ0n) is 23.0. The number of aromatic amines is 1. The molecule has 3 fully saturated rings. The van der Waals surface area contributed by atoms with Crippen LogP contribution in [0.5, 0.6) is 5.75 Å². The van der Waals surface area contributed by atoms with Gasteiger partial charge >= 0.3 is 6.09 Å². The second-order valence-corrected chi connectivity index (χ2v) is 13.1. The number of hydrogen-bond donors (Lipinski definition) is 1. The van der Waals surface area contributed by atoms with Gasteiger partial charge in [-0.15, -0.1) is 0 Å². The van der Waals surface area contributed by atoms with Crippen molar-refractivity contribution in [2.24, 2.45) is 5.92 Å². The summed E-state index contributed by atoms with van der Waals surface area (Å²) < 4.78 is 31.5. The van der Waals surface area contributed by atoms with Crippen LogP contribution in [-0.2, 0) is 15.2 Å². The lowest BCUT2D eigenvalue weighted by atomic mass is 10.0. The molecule has 0 bridgehead atoms. The molecule has 39 heavy (non-hydrogen) atoms. The zero-order valence-corrected chi connectivity index (χ0v) is 23.9. The van der Waals surface area contributed by atoms with Crippen LogP contribution in [0.15, 0.2) is 16.9 Å². The van der Waals surface area contributed by atoms with Gasteiger partial charge in [0, 0.05) is 49.7 Å². The quantitative estimate of drug-likeness (QED) is 0.537. The maximum absolute atomic E-state index is 14.8. The first-order valence-electron chi connectivity index (χ1n) is 13.9. The normalized spacial score (nSPS) is 20.3. The summed E-state index contributed by atoms with van der Waals surface area (Å²) in [6, 6.07) is 3.33. The van der Waals surface area contributed by atoms with Crippen LogP contribution in [0.4, 0.5) is 9.18 Å². The van der Waals surface area contributed by atoms with Gasteiger partial charge in [-0.05, 0) is 65.5 Å². The van der Waals surface area contributed by atoms with Crippen LogP contribution in [0.1, 0.15) is 52.3 Å². The van der Waals surface area contributed by atoms with Gasteiger partial charge in [-0.25, -0.2) is 14.2 Å². The Morgan fingerprint density at radius 2 is 1.90 bits per heavy atom. The molecule has 1 N–H and O–H groups in total. The van der Waals surface area contributed by atoms with E-state index in [0.29, 0.717) is 59.7 Å². The number of fused-ring (bicyclic) bond motifs is 1. The fourth-order valence-corrected chi connectivity index (χ4v) is 6.37. The molecule has 0 atom stereocenters. The fourth-order valence-electron chi connectivity index (χ4n) is 5.29. The average molecular weight is 563 g/mol. The number of ether oxygens (including phenoxy) is 3. The maximum atomic E-state index is 14.8. The SMILES string of the molecule is CC(C)(C)OC(=O)N1CC(N2CCC(SCc3nc4cc(OCC5CCOCC5)cc(F)c4c(=O)[nH]3)CC2)C1. The van der Waals surface area contributed by atoms with Crippen LogP contribution >= 0.6 is 11.8 Å². The van der Waals surface area contributed by atoms with E-state index >= 15 is 0 Å². The molecule has 3 saturated heterocycles. The topological polar surface area (TPSA) is 97.0 Å². The third-order valence-corrected chi connectivity index (χ3v) is 8.96. The fraction of sp³-hybridized carbons (Fsp3) is 0.679. The third-order valence-electron chi connectivity index (χ3n) is 7.57. The van der Waals surface area contributed by atoms with Gasteiger partial charge < -0.3 is 24.1 Å². The van der Waals surface area contributed by atoms with Crippen molar-refractivity contribution >= 4 is 28.8 Å². The number of aromatic nitrogens is 2. The number of hydrogen-bond acceptors (Lipinski definition) is 8. The summed E-state index contributed by atoms with van der Waals surface area (Å²) in [5.41, 5.74) is -0.610. The summed E-state index contributed by atoms with van der Waals surface area (Å²) in [6.45, 7) is 11.0. The highest BCUT2D eigenvalue weighted by Crippen LogP contribution is 2.29. The molecule has 3 aliphatic heterocycles. The van der Waals surface area contributed by atoms with E-state index in [0.717, 1.165) is 52.0 Å². The van der Waals surface area contributed by atoms with E-state index in [4.69, 9.17) is 14.2 Å². The number of likely N-dealkylation sites (tertiary alicyclic amines) is 2. The van der Waals surface area contributed by atoms with Gasteiger partial charge in [0.1, 0.15) is 28.4 Å². The molecule has 2 aromatic rings. The Kier molecular flexibility index (Phi) is 8.68. The first-order valence-corrected chi connectivity index (χ1v) is 15.0. The van der Waals surface area contributed by atoms with Crippen LogP contribution in [0.2, 0.25) is 0 Å². The van der Waals surface area contributed by atoms with E-state index in [9.17, 15) is 14.0 Å². The molecule has 1 aromatic carbocycles. The second-order valence-electron chi connectivity index (χ2n) is 11.8. The molecule has 0 aliphatic carbocycles. The van der Waals surface area contributed by atoms with Crippen LogP contribution in [0.3, 0.4) is 0 Å². The van der Waals surface area contributed by atoms with Crippen molar-refractivity contribution in [1.29, 1.82) is 0 Å². The molecule has 1 amide bonds. The Morgan fingerprint density at radius 3 is 2.59 bits per heavy atom. The van der Waals surface area contributed by atoms with Crippen molar-refractivity contribution in [3.63, 3.8) is 0 Å². The molecule has 0 unspecified atom stereocenters. The van der Waals surface area contributed by atoms with E-state index in [1.165, 1.54) is 6.07 Å². The lowest BCUT2D eigenvalue weighted by Gasteiger charge is -2.47. The summed E-state index contributed by atoms with van der Waals surface area (Å²) in [4.78, 5) is 36.4. The zero-order chi connectivity index (χ0) is 27.6. The second kappa shape index (κ2) is 12.0. The van der Waals surface area contributed by atoms with Gasteiger partial charge in [0.15, 0.2) is 0 Å². The van der Waals surface area contributed by atoms with Crippen molar-refractivity contribution in [1.82, 2.24) is 19.8 Å². The molecule has 0 radical (unpaired) electrons. The van der Waals surface area contributed by atoms with Gasteiger partial charge in [-0.3, -0.25) is 9.69 Å². The molecule has 5 rings (SSSR count). The Labute approximate surface area is 232 Å². The molecular weight excluding hydrogens is 523 g/mol. The van der Waals surface area contributed by atoms with Crippen molar-refractivity contribution in [3.8, 4) is 5.75 Å². The predicted octanol–water partition coefficient (Wildman–Crippen LogP) is 4.18. The number of carbonyl (C=O) groups excluding carboxylic acids is 1. The van der Waals surface area contributed by atoms with E-state index in [1.807, 2.05) is 20.8 Å². The highest BCUT2D eigenvalue weighted by molar-refractivity contribution is 7.99. The summed E-state index contributed by atoms with van der Waals surface area (Å²) >= 11 is 1.78. The minimum Gasteiger partial charge on any atom is -0.493 e. The van der Waals surface area contributed by atoms with Crippen molar-refractivity contribution in [2.45, 2.75) is 69.1 Å². The third kappa shape index (κ3) is 7.24. The van der Waals surface area contributed by atoms with Crippen LogP contribution in [0, 0.1) is 11.7 Å². The molecule has 3 aliphatic rings. The van der Waals surface area contributed by atoms with Gasteiger partial charge in [0.05, 0.1) is 17.9 Å². The lowest BCUT2D eigenvalue weighted by molar-refractivity contribution is -0.0183. The van der Waals surface area contributed by atoms with Gasteiger partial charge in [0.25, 0.3) is 5.56 Å². The number of H-pyrrole nitrogens is 1. The van der Waals surface area contributed by atoms with Crippen molar-refractivity contribution in [2.75, 3.05) is 46.0 Å². The van der Waals surface area contributed by atoms with Gasteiger partial charge in [-0.2, -0.15) is 11.8 Å². The van der Waals surface area contributed by atoms with Crippen molar-refractivity contribution < 1.29 is 23.4 Å². The van der Waals surface area contributed by atoms with Crippen LogP contribution in [-0.4, -0.2) is 88.8 Å². The first-order chi connectivity index (χ1) is 18.6.